The van der Waals surface area contributed by atoms with E-state index in [1.54, 1.807) is 0 Å². The second-order valence-corrected chi connectivity index (χ2v) is 5.57. The summed E-state index contributed by atoms with van der Waals surface area (Å²) < 4.78 is 142. The van der Waals surface area contributed by atoms with E-state index in [0.717, 1.165) is 23.5 Å². The second-order valence-electron chi connectivity index (χ2n) is 4.72. The standard InChI is InChI=1S/C12H5BrF11NO2/c13-5-3-1-2-4-6(5)25-7(26)8(14,10(17,18)19)27-12(23,24)9(15,16)11(20,21)22/h1-4H,(H,25,26). The van der Waals surface area contributed by atoms with E-state index in [-0.39, 0.29) is 4.47 Å². The second kappa shape index (κ2) is 7.07. The first-order valence-corrected chi connectivity index (χ1v) is 7.00. The zero-order valence-corrected chi connectivity index (χ0v) is 13.7. The Morgan fingerprint density at radius 1 is 0.852 bits per heavy atom. The summed E-state index contributed by atoms with van der Waals surface area (Å²) >= 11 is 2.69. The summed E-state index contributed by atoms with van der Waals surface area (Å²) in [6, 6.07) is 4.28. The first-order valence-electron chi connectivity index (χ1n) is 6.21. The lowest BCUT2D eigenvalue weighted by Gasteiger charge is -2.34. The maximum Gasteiger partial charge on any atom is 0.462 e. The van der Waals surface area contributed by atoms with E-state index >= 15 is 0 Å². The highest BCUT2D eigenvalue weighted by Crippen LogP contribution is 2.51. The quantitative estimate of drug-likeness (QED) is 0.568. The molecule has 1 N–H and O–H groups in total. The van der Waals surface area contributed by atoms with E-state index in [1.807, 2.05) is 0 Å². The number of nitrogens with one attached hydrogen (secondary N) is 1. The van der Waals surface area contributed by atoms with Crippen LogP contribution in [0.25, 0.3) is 0 Å². The molecule has 0 aliphatic rings. The van der Waals surface area contributed by atoms with Crippen molar-refractivity contribution in [2.45, 2.75) is 30.2 Å². The van der Waals surface area contributed by atoms with Gasteiger partial charge in [-0.05, 0) is 28.1 Å². The van der Waals surface area contributed by atoms with Crippen molar-refractivity contribution in [3.8, 4) is 0 Å². The molecule has 0 heterocycles. The summed E-state index contributed by atoms with van der Waals surface area (Å²) in [6.45, 7) is 0. The summed E-state index contributed by atoms with van der Waals surface area (Å²) in [4.78, 5) is 11.5. The highest BCUT2D eigenvalue weighted by Gasteiger charge is 2.79. The lowest BCUT2D eigenvalue weighted by molar-refractivity contribution is -0.472. The summed E-state index contributed by atoms with van der Waals surface area (Å²) in [5, 5.41) is 1.10. The van der Waals surface area contributed by atoms with Gasteiger partial charge in [-0.3, -0.25) is 9.53 Å². The predicted octanol–water partition coefficient (Wildman–Crippen LogP) is 5.42. The van der Waals surface area contributed by atoms with Gasteiger partial charge in [0.25, 0.3) is 5.91 Å². The van der Waals surface area contributed by atoms with Gasteiger partial charge in [0.15, 0.2) is 0 Å². The van der Waals surface area contributed by atoms with Gasteiger partial charge in [0.2, 0.25) is 0 Å². The molecular weight excluding hydrogens is 479 g/mol. The lowest BCUT2D eigenvalue weighted by atomic mass is 10.2. The van der Waals surface area contributed by atoms with Crippen molar-refractivity contribution in [3.05, 3.63) is 28.7 Å². The number of carbonyl (C=O) groups excluding carboxylic acids is 1. The van der Waals surface area contributed by atoms with E-state index in [9.17, 15) is 53.1 Å². The van der Waals surface area contributed by atoms with Gasteiger partial charge in [-0.15, -0.1) is 0 Å². The molecule has 0 aliphatic heterocycles. The van der Waals surface area contributed by atoms with Crippen molar-refractivity contribution in [1.29, 1.82) is 0 Å². The van der Waals surface area contributed by atoms with E-state index < -0.39 is 41.8 Å². The molecule has 154 valence electrons. The number of alkyl halides is 11. The average molecular weight is 484 g/mol. The molecule has 1 aromatic rings. The molecule has 0 saturated heterocycles. The molecule has 3 nitrogen and oxygen atoms in total. The van der Waals surface area contributed by atoms with Gasteiger partial charge < -0.3 is 5.32 Å². The molecule has 0 saturated carbocycles. The molecule has 27 heavy (non-hydrogen) atoms. The summed E-state index contributed by atoms with van der Waals surface area (Å²) in [6.07, 6.45) is -20.9. The molecule has 0 bridgehead atoms. The van der Waals surface area contributed by atoms with Crippen LogP contribution >= 0.6 is 15.9 Å². The third-order valence-electron chi connectivity index (χ3n) is 2.77. The molecule has 0 radical (unpaired) electrons. The summed E-state index contributed by atoms with van der Waals surface area (Å²) in [5.41, 5.74) is -0.650. The molecule has 1 unspecified atom stereocenters. The maximum atomic E-state index is 14.0. The SMILES string of the molecule is O=C(Nc1ccccc1Br)C(F)(OC(F)(F)C(F)(F)C(F)(F)F)C(F)(F)F. The Bertz CT molecular complexity index is 703. The fourth-order valence-corrected chi connectivity index (χ4v) is 1.79. The van der Waals surface area contributed by atoms with Gasteiger partial charge in [0, 0.05) is 4.47 Å². The van der Waals surface area contributed by atoms with E-state index in [0.29, 0.717) is 0 Å². The van der Waals surface area contributed by atoms with Gasteiger partial charge >= 0.3 is 30.2 Å². The number of amides is 1. The van der Waals surface area contributed by atoms with Gasteiger partial charge in [0.05, 0.1) is 5.69 Å². The summed E-state index contributed by atoms with van der Waals surface area (Å²) in [7, 11) is 0. The van der Waals surface area contributed by atoms with Crippen LogP contribution in [0.4, 0.5) is 54.0 Å². The summed E-state index contributed by atoms with van der Waals surface area (Å²) in [5.74, 6) is -16.6. The Labute approximate surface area is 150 Å². The Kier molecular flexibility index (Phi) is 6.13. The van der Waals surface area contributed by atoms with Crippen LogP contribution in [0.3, 0.4) is 0 Å². The number of para-hydroxylation sites is 1. The van der Waals surface area contributed by atoms with Gasteiger partial charge in [-0.2, -0.15) is 48.3 Å². The topological polar surface area (TPSA) is 38.3 Å². The monoisotopic (exact) mass is 483 g/mol. The maximum absolute atomic E-state index is 14.0. The fraction of sp³-hybridized carbons (Fsp3) is 0.417. The van der Waals surface area contributed by atoms with Crippen LogP contribution in [-0.2, 0) is 9.53 Å². The van der Waals surface area contributed by atoms with E-state index in [1.165, 1.54) is 6.07 Å². The molecule has 1 amide bonds. The Morgan fingerprint density at radius 3 is 1.74 bits per heavy atom. The fourth-order valence-electron chi connectivity index (χ4n) is 1.40. The van der Waals surface area contributed by atoms with Crippen molar-refractivity contribution >= 4 is 27.5 Å². The Balaban J connectivity index is 3.32. The minimum Gasteiger partial charge on any atom is -0.320 e. The Morgan fingerprint density at radius 2 is 1.33 bits per heavy atom. The zero-order valence-electron chi connectivity index (χ0n) is 12.2. The minimum atomic E-state index is -7.24. The third-order valence-corrected chi connectivity index (χ3v) is 3.46. The zero-order chi connectivity index (χ0) is 21.5. The van der Waals surface area contributed by atoms with E-state index in [2.05, 4.69) is 20.7 Å². The molecule has 0 aliphatic carbocycles. The third kappa shape index (κ3) is 4.44. The number of carbonyl (C=O) groups is 1. The highest BCUT2D eigenvalue weighted by molar-refractivity contribution is 9.10. The van der Waals surface area contributed by atoms with Crippen molar-refractivity contribution in [2.24, 2.45) is 0 Å². The van der Waals surface area contributed by atoms with Crippen molar-refractivity contribution in [1.82, 2.24) is 0 Å². The van der Waals surface area contributed by atoms with Crippen LogP contribution in [0.2, 0.25) is 0 Å². The molecule has 0 fully saturated rings. The minimum absolute atomic E-state index is 0.199. The number of hydrogen-bond acceptors (Lipinski definition) is 2. The normalized spacial score (nSPS) is 16.0. The van der Waals surface area contributed by atoms with Crippen molar-refractivity contribution in [3.63, 3.8) is 0 Å². The van der Waals surface area contributed by atoms with Crippen LogP contribution < -0.4 is 5.32 Å². The number of anilines is 1. The molecule has 0 spiro atoms. The number of benzene rings is 1. The molecular formula is C12H5BrF11NO2. The van der Waals surface area contributed by atoms with Crippen LogP contribution in [0, 0.1) is 0 Å². The Hall–Kier alpha value is -1.64. The predicted molar refractivity (Wildman–Crippen MR) is 69.7 cm³/mol. The van der Waals surface area contributed by atoms with Crippen LogP contribution in [-0.4, -0.2) is 36.1 Å². The van der Waals surface area contributed by atoms with Crippen LogP contribution in [0.5, 0.6) is 0 Å². The van der Waals surface area contributed by atoms with Gasteiger partial charge in [-0.1, -0.05) is 12.1 Å². The largest absolute Gasteiger partial charge is 0.462 e. The van der Waals surface area contributed by atoms with Crippen LogP contribution in [0.1, 0.15) is 0 Å². The molecule has 0 aromatic heterocycles. The van der Waals surface area contributed by atoms with Crippen LogP contribution in [0.15, 0.2) is 28.7 Å². The van der Waals surface area contributed by atoms with Gasteiger partial charge in [0.1, 0.15) is 0 Å². The lowest BCUT2D eigenvalue weighted by Crippen LogP contribution is -2.62. The van der Waals surface area contributed by atoms with Crippen molar-refractivity contribution in [2.75, 3.05) is 5.32 Å². The molecule has 1 atom stereocenters. The molecule has 15 heteroatoms. The van der Waals surface area contributed by atoms with Crippen molar-refractivity contribution < 1.29 is 57.8 Å². The highest BCUT2D eigenvalue weighted by atomic mass is 79.9. The number of hydrogen-bond donors (Lipinski definition) is 1. The smallest absolute Gasteiger partial charge is 0.320 e. The first-order chi connectivity index (χ1) is 11.9. The van der Waals surface area contributed by atoms with E-state index in [4.69, 9.17) is 0 Å². The number of ether oxygens (including phenoxy) is 1. The molecule has 1 aromatic carbocycles. The number of halogens is 12. The number of rotatable bonds is 5. The first kappa shape index (κ1) is 23.4. The average Bonchev–Trinajstić information content (AvgIpc) is 2.46. The van der Waals surface area contributed by atoms with Gasteiger partial charge in [-0.25, -0.2) is 0 Å². The molecule has 1 rings (SSSR count).